The number of nitrogens with zero attached hydrogens (tertiary/aromatic N) is 6. The van der Waals surface area contributed by atoms with Crippen LogP contribution in [0.25, 0.3) is 28.1 Å². The summed E-state index contributed by atoms with van der Waals surface area (Å²) in [6.07, 6.45) is 2.69. The van der Waals surface area contributed by atoms with E-state index in [1.165, 1.54) is 4.90 Å². The van der Waals surface area contributed by atoms with Crippen LogP contribution in [0.3, 0.4) is 0 Å². The van der Waals surface area contributed by atoms with E-state index in [1.54, 1.807) is 7.05 Å². The second-order valence-electron chi connectivity index (χ2n) is 7.75. The summed E-state index contributed by atoms with van der Waals surface area (Å²) < 4.78 is 3.06. The average Bonchev–Trinajstić information content (AvgIpc) is 3.21. The van der Waals surface area contributed by atoms with Gasteiger partial charge in [0, 0.05) is 41.3 Å². The van der Waals surface area contributed by atoms with Crippen LogP contribution in [0.4, 0.5) is 10.5 Å². The van der Waals surface area contributed by atoms with Crippen molar-refractivity contribution < 1.29 is 9.90 Å². The van der Waals surface area contributed by atoms with Crippen LogP contribution >= 0.6 is 22.6 Å². The van der Waals surface area contributed by atoms with Crippen molar-refractivity contribution in [3.63, 3.8) is 0 Å². The number of carboxylic acid groups (broad SMARTS) is 1. The Morgan fingerprint density at radius 1 is 1.16 bits per heavy atom. The number of hydrogen-bond donors (Lipinski definition) is 1. The number of amides is 1. The van der Waals surface area contributed by atoms with Crippen LogP contribution in [0.15, 0.2) is 48.7 Å². The number of halogens is 1. The van der Waals surface area contributed by atoms with Gasteiger partial charge in [0.25, 0.3) is 0 Å². The molecule has 0 spiro atoms. The van der Waals surface area contributed by atoms with Crippen molar-refractivity contribution in [1.82, 2.24) is 24.5 Å². The van der Waals surface area contributed by atoms with Crippen molar-refractivity contribution in [2.45, 2.75) is 18.9 Å². The van der Waals surface area contributed by atoms with E-state index < -0.39 is 6.09 Å². The zero-order chi connectivity index (χ0) is 21.5. The SMILES string of the molecule is CN(C(=O)O)C1CCN(c2cccc3ccc(-c4nnc5cc(I)ccn45)nc23)CC1. The summed E-state index contributed by atoms with van der Waals surface area (Å²) in [4.78, 5) is 20.0. The normalized spacial score (nSPS) is 15.0. The summed E-state index contributed by atoms with van der Waals surface area (Å²) in [5.74, 6) is 0.713. The fraction of sp³-hybridized carbons (Fsp3) is 0.273. The standard InChI is InChI=1S/C22H21IN6O2/c1-27(22(30)31)16-8-10-28(11-9-16)18-4-2-3-14-5-6-17(24-20(14)18)21-26-25-19-13-15(23)7-12-29(19)21/h2-7,12-13,16H,8-11H2,1H3,(H,30,31). The van der Waals surface area contributed by atoms with Crippen LogP contribution < -0.4 is 4.90 Å². The maximum absolute atomic E-state index is 11.3. The van der Waals surface area contributed by atoms with E-state index in [0.29, 0.717) is 5.82 Å². The van der Waals surface area contributed by atoms with Gasteiger partial charge in [0.1, 0.15) is 5.69 Å². The molecule has 1 N–H and O–H groups in total. The number of anilines is 1. The van der Waals surface area contributed by atoms with E-state index in [4.69, 9.17) is 4.98 Å². The molecule has 4 aromatic rings. The second kappa shape index (κ2) is 7.95. The Bertz CT molecular complexity index is 1280. The topological polar surface area (TPSA) is 86.9 Å². The molecule has 1 aromatic carbocycles. The lowest BCUT2D eigenvalue weighted by atomic mass is 10.0. The lowest BCUT2D eigenvalue weighted by molar-refractivity contribution is 0.131. The van der Waals surface area contributed by atoms with E-state index in [-0.39, 0.29) is 6.04 Å². The molecular weight excluding hydrogens is 507 g/mol. The molecule has 1 aliphatic rings. The van der Waals surface area contributed by atoms with E-state index in [2.05, 4.69) is 55.9 Å². The highest BCUT2D eigenvalue weighted by atomic mass is 127. The Balaban J connectivity index is 1.50. The number of rotatable bonds is 3. The largest absolute Gasteiger partial charge is 0.465 e. The van der Waals surface area contributed by atoms with Gasteiger partial charge in [0.05, 0.1) is 11.2 Å². The summed E-state index contributed by atoms with van der Waals surface area (Å²) in [7, 11) is 1.65. The third kappa shape index (κ3) is 3.67. The van der Waals surface area contributed by atoms with Gasteiger partial charge in [-0.05, 0) is 59.7 Å². The van der Waals surface area contributed by atoms with Crippen LogP contribution in [0, 0.1) is 3.57 Å². The molecular formula is C22H21IN6O2. The molecule has 158 valence electrons. The number of piperidine rings is 1. The average molecular weight is 528 g/mol. The molecule has 5 rings (SSSR count). The summed E-state index contributed by atoms with van der Waals surface area (Å²) in [5.41, 5.74) is 3.56. The number of benzene rings is 1. The molecule has 1 fully saturated rings. The lowest BCUT2D eigenvalue weighted by Gasteiger charge is -2.37. The third-order valence-corrected chi connectivity index (χ3v) is 6.63. The first-order valence-electron chi connectivity index (χ1n) is 10.1. The maximum Gasteiger partial charge on any atom is 0.407 e. The van der Waals surface area contributed by atoms with Crippen molar-refractivity contribution in [1.29, 1.82) is 0 Å². The van der Waals surface area contributed by atoms with Crippen LogP contribution in [0.5, 0.6) is 0 Å². The van der Waals surface area contributed by atoms with Gasteiger partial charge in [-0.2, -0.15) is 0 Å². The van der Waals surface area contributed by atoms with Crippen molar-refractivity contribution in [3.8, 4) is 11.5 Å². The lowest BCUT2D eigenvalue weighted by Crippen LogP contribution is -2.45. The minimum atomic E-state index is -0.870. The molecule has 0 radical (unpaired) electrons. The van der Waals surface area contributed by atoms with Gasteiger partial charge < -0.3 is 14.9 Å². The smallest absolute Gasteiger partial charge is 0.407 e. The first-order chi connectivity index (χ1) is 15.0. The zero-order valence-corrected chi connectivity index (χ0v) is 19.1. The molecule has 0 bridgehead atoms. The number of pyridine rings is 2. The third-order valence-electron chi connectivity index (χ3n) is 5.95. The van der Waals surface area contributed by atoms with Gasteiger partial charge in [-0.1, -0.05) is 18.2 Å². The molecule has 0 saturated carbocycles. The quantitative estimate of drug-likeness (QED) is 0.403. The van der Waals surface area contributed by atoms with Crippen molar-refractivity contribution in [3.05, 3.63) is 52.2 Å². The number of aromatic nitrogens is 4. The molecule has 1 saturated heterocycles. The van der Waals surface area contributed by atoms with E-state index in [1.807, 2.05) is 34.9 Å². The molecule has 0 atom stereocenters. The molecule has 1 amide bonds. The van der Waals surface area contributed by atoms with E-state index in [9.17, 15) is 9.90 Å². The van der Waals surface area contributed by atoms with Crippen molar-refractivity contribution in [2.24, 2.45) is 0 Å². The van der Waals surface area contributed by atoms with Gasteiger partial charge in [-0.3, -0.25) is 4.40 Å². The molecule has 3 aromatic heterocycles. The minimum absolute atomic E-state index is 0.0531. The summed E-state index contributed by atoms with van der Waals surface area (Å²) in [6, 6.07) is 14.3. The van der Waals surface area contributed by atoms with Crippen molar-refractivity contribution in [2.75, 3.05) is 25.0 Å². The van der Waals surface area contributed by atoms with E-state index >= 15 is 0 Å². The Morgan fingerprint density at radius 3 is 2.74 bits per heavy atom. The van der Waals surface area contributed by atoms with Gasteiger partial charge in [0.15, 0.2) is 11.5 Å². The Morgan fingerprint density at radius 2 is 1.97 bits per heavy atom. The van der Waals surface area contributed by atoms with Gasteiger partial charge in [0.2, 0.25) is 0 Å². The fourth-order valence-corrected chi connectivity index (χ4v) is 4.64. The molecule has 1 aliphatic heterocycles. The number of fused-ring (bicyclic) bond motifs is 2. The number of para-hydroxylation sites is 1. The predicted octanol–water partition coefficient (Wildman–Crippen LogP) is 4.13. The van der Waals surface area contributed by atoms with Crippen LogP contribution in [0.1, 0.15) is 12.8 Å². The highest BCUT2D eigenvalue weighted by Crippen LogP contribution is 2.30. The fourth-order valence-electron chi connectivity index (χ4n) is 4.20. The van der Waals surface area contributed by atoms with Crippen LogP contribution in [0.2, 0.25) is 0 Å². The summed E-state index contributed by atoms with van der Waals surface area (Å²) >= 11 is 2.26. The highest BCUT2D eigenvalue weighted by molar-refractivity contribution is 14.1. The first kappa shape index (κ1) is 20.0. The first-order valence-corrected chi connectivity index (χ1v) is 11.2. The number of carbonyl (C=O) groups is 1. The summed E-state index contributed by atoms with van der Waals surface area (Å²) in [5, 5.41) is 19.0. The zero-order valence-electron chi connectivity index (χ0n) is 16.9. The van der Waals surface area contributed by atoms with E-state index in [0.717, 1.165) is 57.4 Å². The van der Waals surface area contributed by atoms with Gasteiger partial charge in [-0.25, -0.2) is 9.78 Å². The Kier molecular flexibility index (Phi) is 5.12. The molecule has 9 heteroatoms. The Hall–Kier alpha value is -2.95. The van der Waals surface area contributed by atoms with Gasteiger partial charge in [-0.15, -0.1) is 10.2 Å². The van der Waals surface area contributed by atoms with Crippen molar-refractivity contribution >= 4 is 50.9 Å². The maximum atomic E-state index is 11.3. The summed E-state index contributed by atoms with van der Waals surface area (Å²) in [6.45, 7) is 1.58. The number of hydrogen-bond acceptors (Lipinski definition) is 5. The molecule has 4 heterocycles. The Labute approximate surface area is 192 Å². The van der Waals surface area contributed by atoms with Gasteiger partial charge >= 0.3 is 6.09 Å². The van der Waals surface area contributed by atoms with Crippen LogP contribution in [-0.4, -0.2) is 61.9 Å². The molecule has 8 nitrogen and oxygen atoms in total. The molecule has 0 unspecified atom stereocenters. The molecule has 0 aliphatic carbocycles. The highest BCUT2D eigenvalue weighted by Gasteiger charge is 2.26. The predicted molar refractivity (Wildman–Crippen MR) is 127 cm³/mol. The molecule has 31 heavy (non-hydrogen) atoms. The second-order valence-corrected chi connectivity index (χ2v) is 9.00. The monoisotopic (exact) mass is 528 g/mol. The van der Waals surface area contributed by atoms with Crippen LogP contribution in [-0.2, 0) is 0 Å². The minimum Gasteiger partial charge on any atom is -0.465 e.